The molecule has 0 heterocycles. The highest BCUT2D eigenvalue weighted by Crippen LogP contribution is 2.62. The average Bonchev–Trinajstić information content (AvgIpc) is 1.59. The van der Waals surface area contributed by atoms with E-state index >= 15 is 0 Å². The molecule has 8 atom stereocenters. The fraction of sp³-hybridized carbons (Fsp3) is 0.835. The molecular formula is C109H220. The zero-order valence-electron chi connectivity index (χ0n) is 85.9. The minimum Gasteiger partial charge on any atom is -0.0996 e. The van der Waals surface area contributed by atoms with Gasteiger partial charge in [-0.3, -0.25) is 0 Å². The van der Waals surface area contributed by atoms with Crippen molar-refractivity contribution in [2.24, 2.45) is 165 Å². The third-order valence-corrected chi connectivity index (χ3v) is 21.3. The lowest BCUT2D eigenvalue weighted by atomic mass is 9.80. The summed E-state index contributed by atoms with van der Waals surface area (Å²) in [6, 6.07) is 0. The highest BCUT2D eigenvalue weighted by molar-refractivity contribution is 5.05. The molecule has 109 heavy (non-hydrogen) atoms. The van der Waals surface area contributed by atoms with Gasteiger partial charge >= 0.3 is 0 Å². The second kappa shape index (κ2) is 79.5. The van der Waals surface area contributed by atoms with E-state index in [1.807, 2.05) is 0 Å². The molecule has 0 heteroatoms. The fourth-order valence-corrected chi connectivity index (χ4v) is 10.5. The van der Waals surface area contributed by atoms with Crippen molar-refractivity contribution in [2.75, 3.05) is 0 Å². The summed E-state index contributed by atoms with van der Waals surface area (Å²) in [4.78, 5) is 0. The van der Waals surface area contributed by atoms with Gasteiger partial charge in [-0.1, -0.05) is 460 Å². The Balaban J connectivity index is -0.000000124. The smallest absolute Gasteiger partial charge is 0.0211 e. The minimum absolute atomic E-state index is 0.666. The van der Waals surface area contributed by atoms with Gasteiger partial charge in [0.2, 0.25) is 0 Å². The zero-order valence-corrected chi connectivity index (χ0v) is 85.9. The summed E-state index contributed by atoms with van der Waals surface area (Å²) in [5, 5.41) is 0. The Morgan fingerprint density at radius 1 is 0.367 bits per heavy atom. The predicted molar refractivity (Wildman–Crippen MR) is 522 cm³/mol. The summed E-state index contributed by atoms with van der Waals surface area (Å²) in [6.45, 7) is 123. The normalized spacial score (nSPS) is 16.1. The van der Waals surface area contributed by atoms with Gasteiger partial charge in [-0.2, -0.15) is 0 Å². The van der Waals surface area contributed by atoms with Crippen molar-refractivity contribution in [1.29, 1.82) is 0 Å². The maximum absolute atomic E-state index is 4.03. The number of allylic oxidation sites excluding steroid dienone is 16. The summed E-state index contributed by atoms with van der Waals surface area (Å²) in [6.07, 6.45) is 43.1. The fourth-order valence-electron chi connectivity index (χ4n) is 10.5. The van der Waals surface area contributed by atoms with Crippen molar-refractivity contribution >= 4 is 0 Å². The Bertz CT molecular complexity index is 2080. The third kappa shape index (κ3) is 106. The maximum Gasteiger partial charge on any atom is -0.0211 e. The van der Waals surface area contributed by atoms with Crippen molar-refractivity contribution in [3.05, 3.63) is 108 Å². The molecule has 1 aliphatic carbocycles. The number of hydrogen-bond donors (Lipinski definition) is 0. The van der Waals surface area contributed by atoms with Crippen LogP contribution < -0.4 is 0 Å². The molecule has 0 aromatic heterocycles. The van der Waals surface area contributed by atoms with Gasteiger partial charge in [0.05, 0.1) is 0 Å². The average molecular weight is 1530 g/mol. The van der Waals surface area contributed by atoms with E-state index in [2.05, 4.69) is 439 Å². The van der Waals surface area contributed by atoms with Gasteiger partial charge < -0.3 is 0 Å². The topological polar surface area (TPSA) is 0 Å². The molecule has 0 amide bonds. The molecule has 0 N–H and O–H groups in total. The van der Waals surface area contributed by atoms with Crippen LogP contribution >= 0.6 is 0 Å². The van der Waals surface area contributed by atoms with E-state index in [1.165, 1.54) is 99.3 Å². The lowest BCUT2D eigenvalue weighted by Crippen LogP contribution is -2.18. The minimum atomic E-state index is 0.666. The lowest BCUT2D eigenvalue weighted by molar-refractivity contribution is 0.236. The van der Waals surface area contributed by atoms with Crippen LogP contribution in [0.1, 0.15) is 430 Å². The molecule has 1 aliphatic rings. The first-order valence-electron chi connectivity index (χ1n) is 46.7. The van der Waals surface area contributed by atoms with E-state index in [4.69, 9.17) is 0 Å². The second-order valence-corrected chi connectivity index (χ2v) is 41.6. The predicted octanol–water partition coefficient (Wildman–Crippen LogP) is 38.9. The summed E-state index contributed by atoms with van der Waals surface area (Å²) in [7, 11) is 0. The van der Waals surface area contributed by atoms with E-state index in [0.717, 1.165) is 107 Å². The van der Waals surface area contributed by atoms with Crippen LogP contribution in [0, 0.1) is 165 Å². The Hall–Kier alpha value is -2.34. The molecule has 3 unspecified atom stereocenters. The highest BCUT2D eigenvalue weighted by Gasteiger charge is 2.54. The van der Waals surface area contributed by atoms with Crippen LogP contribution in [-0.2, 0) is 0 Å². The van der Waals surface area contributed by atoms with Crippen LogP contribution in [-0.4, -0.2) is 0 Å². The van der Waals surface area contributed by atoms with Gasteiger partial charge in [-0.15, -0.1) is 0 Å². The monoisotopic (exact) mass is 1530 g/mol. The summed E-state index contributed by atoms with van der Waals surface area (Å²) < 4.78 is 0. The Morgan fingerprint density at radius 3 is 0.991 bits per heavy atom. The standard InChI is InChI=1S/C12H24.2C11H22.C10H22.3C10H20.3C9H18.C8H16/c1-8(2)10(5)12(6)7-11(12)9(3)4;1-8(2)7-10(5)11(6)9(3)4;1-6-11(10(4)5)8-7-9(2)3;4*1-8(2)6-7-10(5)9(3)4;2*1-8(2)6-5-7-9(3)4;1-5-9(4)7-6-8(2)3;1-7(2)5-6-8(3)4/h8-11H,7H2,1-6H3;7-9,11H,1-6H3;7-11H,6H2,1-5H3;8-10H,6-7H2,1-5H3;6-10H,1-5H3;2*8-9H,5-7H2,1-4H3;6,9H,5,7H2,1-4H3;5-6,8-9H,7H2,1-4H3;6-9H,5H2,1-4H3;5-8H,1-4H3/b;10-7+;8-7+;;7-6+;;;;6-5+;7-6+;6-5+/t;2*11-;2*10-;;;;;9-;/m.0110....0./s1. The van der Waals surface area contributed by atoms with Crippen molar-refractivity contribution in [2.45, 2.75) is 430 Å². The van der Waals surface area contributed by atoms with Gasteiger partial charge in [0, 0.05) is 0 Å². The molecule has 1 rings (SSSR count). The molecule has 656 valence electrons. The first kappa shape index (κ1) is 127. The first-order chi connectivity index (χ1) is 49.6. The number of rotatable bonds is 36. The highest BCUT2D eigenvalue weighted by atomic mass is 14.6. The van der Waals surface area contributed by atoms with Gasteiger partial charge in [0.1, 0.15) is 0 Å². The van der Waals surface area contributed by atoms with E-state index in [-0.39, 0.29) is 0 Å². The van der Waals surface area contributed by atoms with Crippen LogP contribution in [0.5, 0.6) is 0 Å². The molecule has 0 aromatic carbocycles. The van der Waals surface area contributed by atoms with Crippen molar-refractivity contribution in [3.63, 3.8) is 0 Å². The molecular weight excluding hydrogens is 1310 g/mol. The largest absolute Gasteiger partial charge is 0.0996 e. The molecule has 0 nitrogen and oxygen atoms in total. The van der Waals surface area contributed by atoms with Crippen LogP contribution in [0.25, 0.3) is 0 Å². The van der Waals surface area contributed by atoms with Gasteiger partial charge in [-0.05, 0) is 244 Å². The molecule has 1 fully saturated rings. The summed E-state index contributed by atoms with van der Waals surface area (Å²) >= 11 is 0. The van der Waals surface area contributed by atoms with E-state index in [1.54, 1.807) is 0 Å². The first-order valence-corrected chi connectivity index (χ1v) is 46.7. The third-order valence-electron chi connectivity index (χ3n) is 21.3. The van der Waals surface area contributed by atoms with E-state index < -0.39 is 0 Å². The van der Waals surface area contributed by atoms with Crippen LogP contribution in [0.15, 0.2) is 108 Å². The van der Waals surface area contributed by atoms with Crippen molar-refractivity contribution < 1.29 is 0 Å². The molecule has 0 bridgehead atoms. The van der Waals surface area contributed by atoms with E-state index in [9.17, 15) is 0 Å². The Labute approximate surface area is 699 Å². The quantitative estimate of drug-likeness (QED) is 0.0549. The maximum atomic E-state index is 4.03. The van der Waals surface area contributed by atoms with Gasteiger partial charge in [0.15, 0.2) is 0 Å². The molecule has 0 aromatic rings. The Morgan fingerprint density at radius 2 is 0.734 bits per heavy atom. The molecule has 0 aliphatic heterocycles. The molecule has 0 spiro atoms. The van der Waals surface area contributed by atoms with Crippen LogP contribution in [0.3, 0.4) is 0 Å². The second-order valence-electron chi connectivity index (χ2n) is 41.6. The number of hydrogen-bond acceptors (Lipinski definition) is 0. The van der Waals surface area contributed by atoms with E-state index in [0.29, 0.717) is 58.7 Å². The molecule has 0 radical (unpaired) electrons. The Kier molecular flexibility index (Phi) is 92.9. The molecule has 1 saturated carbocycles. The van der Waals surface area contributed by atoms with Crippen molar-refractivity contribution in [1.82, 2.24) is 0 Å². The summed E-state index contributed by atoms with van der Waals surface area (Å²) in [5.74, 6) is 21.1. The van der Waals surface area contributed by atoms with Crippen molar-refractivity contribution in [3.8, 4) is 0 Å². The van der Waals surface area contributed by atoms with Crippen LogP contribution in [0.2, 0.25) is 0 Å². The SMILES string of the molecule is C/C(=C\C(C)C)[C@@H](C)C(C)C.C=C(CCC(C)C)C(C)C.C=C(CCC(C)C)C(C)C.CC(C)/C=C/C(C)C.CC(C)/C=C/CC(C)C.CC(C)/C=C/[C@H](C)C(C)C.CC(C)=CCCC(C)C.CC(C)C(C)C1(C)CC1C(C)C.CC(C)CC[C@@H](C)C(C)C.CC[C@H](/C=C/C(C)C)C(C)C.CC[C@H](C)/C=C/C(C)C. The lowest BCUT2D eigenvalue weighted by Gasteiger charge is -2.25. The van der Waals surface area contributed by atoms with Gasteiger partial charge in [0.25, 0.3) is 0 Å². The molecule has 0 saturated heterocycles. The van der Waals surface area contributed by atoms with Crippen LogP contribution in [0.4, 0.5) is 0 Å². The van der Waals surface area contributed by atoms with Gasteiger partial charge in [-0.25, -0.2) is 0 Å². The summed E-state index contributed by atoms with van der Waals surface area (Å²) in [5.41, 5.74) is 6.44. The zero-order chi connectivity index (χ0) is 88.4.